The number of carbonyl (C=O) groups excluding carboxylic acids is 1. The van der Waals surface area contributed by atoms with E-state index in [2.05, 4.69) is 17.1 Å². The molecule has 7 heteroatoms. The first-order valence-corrected chi connectivity index (χ1v) is 10.6. The van der Waals surface area contributed by atoms with Gasteiger partial charge in [-0.15, -0.1) is 10.2 Å². The number of urea groups is 1. The van der Waals surface area contributed by atoms with Gasteiger partial charge in [-0.2, -0.15) is 5.06 Å². The summed E-state index contributed by atoms with van der Waals surface area (Å²) in [5, 5.41) is 12.6. The van der Waals surface area contributed by atoms with Crippen molar-refractivity contribution in [3.63, 3.8) is 0 Å². The molecule has 2 atom stereocenters. The van der Waals surface area contributed by atoms with E-state index in [1.54, 1.807) is 16.4 Å². The van der Waals surface area contributed by atoms with Crippen molar-refractivity contribution in [3.05, 3.63) is 45.9 Å². The van der Waals surface area contributed by atoms with E-state index in [0.717, 1.165) is 34.3 Å². The van der Waals surface area contributed by atoms with Gasteiger partial charge in [0, 0.05) is 12.5 Å². The molecule has 3 heterocycles. The number of aromatic nitrogens is 2. The van der Waals surface area contributed by atoms with E-state index in [4.69, 9.17) is 4.84 Å². The number of fused-ring (bicyclic) bond motifs is 2. The maximum atomic E-state index is 12.9. The second-order valence-electron chi connectivity index (χ2n) is 8.02. The van der Waals surface area contributed by atoms with Crippen LogP contribution < -0.4 is 0 Å². The third-order valence-electron chi connectivity index (χ3n) is 6.00. The Kier molecular flexibility index (Phi) is 4.36. The van der Waals surface area contributed by atoms with E-state index in [1.807, 2.05) is 35.2 Å². The van der Waals surface area contributed by atoms with Crippen LogP contribution >= 0.6 is 11.3 Å². The van der Waals surface area contributed by atoms with Crippen LogP contribution in [0.4, 0.5) is 4.79 Å². The molecule has 0 unspecified atom stereocenters. The minimum absolute atomic E-state index is 0.0348. The summed E-state index contributed by atoms with van der Waals surface area (Å²) in [6.07, 6.45) is 4.30. The zero-order chi connectivity index (χ0) is 18.4. The molecule has 3 fully saturated rings. The molecule has 2 amide bonds. The van der Waals surface area contributed by atoms with E-state index in [9.17, 15) is 4.79 Å². The molecule has 6 nitrogen and oxygen atoms in total. The number of amides is 2. The van der Waals surface area contributed by atoms with Crippen LogP contribution in [0, 0.1) is 5.92 Å². The number of hydrogen-bond acceptors (Lipinski definition) is 5. The number of nitrogens with zero attached hydrogens (tertiary/aromatic N) is 4. The lowest BCUT2D eigenvalue weighted by Crippen LogP contribution is -2.33. The van der Waals surface area contributed by atoms with Gasteiger partial charge in [-0.1, -0.05) is 48.6 Å². The molecule has 1 aliphatic carbocycles. The summed E-state index contributed by atoms with van der Waals surface area (Å²) in [5.74, 6) is 1.37. The van der Waals surface area contributed by atoms with Gasteiger partial charge in [-0.3, -0.25) is 4.84 Å². The van der Waals surface area contributed by atoms with E-state index < -0.39 is 0 Å². The van der Waals surface area contributed by atoms with E-state index >= 15 is 0 Å². The minimum Gasteiger partial charge on any atom is -0.311 e. The van der Waals surface area contributed by atoms with Crippen molar-refractivity contribution in [2.24, 2.45) is 5.92 Å². The molecule has 0 spiro atoms. The number of rotatable bonds is 5. The minimum atomic E-state index is -0.0348. The van der Waals surface area contributed by atoms with Crippen molar-refractivity contribution in [2.75, 3.05) is 6.54 Å². The molecular weight excluding hydrogens is 360 g/mol. The average molecular weight is 385 g/mol. The van der Waals surface area contributed by atoms with Gasteiger partial charge in [-0.25, -0.2) is 4.79 Å². The lowest BCUT2D eigenvalue weighted by Gasteiger charge is -2.30. The van der Waals surface area contributed by atoms with E-state index in [-0.39, 0.29) is 18.1 Å². The number of hydroxylamine groups is 2. The molecule has 1 aromatic heterocycles. The van der Waals surface area contributed by atoms with Crippen molar-refractivity contribution >= 4 is 17.4 Å². The number of piperidine rings is 1. The van der Waals surface area contributed by atoms with Crippen molar-refractivity contribution in [1.82, 2.24) is 20.2 Å². The predicted octanol–water partition coefficient (Wildman–Crippen LogP) is 4.12. The molecule has 27 heavy (non-hydrogen) atoms. The zero-order valence-corrected chi connectivity index (χ0v) is 16.3. The van der Waals surface area contributed by atoms with Crippen molar-refractivity contribution < 1.29 is 9.63 Å². The molecule has 0 radical (unpaired) electrons. The summed E-state index contributed by atoms with van der Waals surface area (Å²) in [5.41, 5.74) is 1.07. The molecule has 2 bridgehead atoms. The summed E-state index contributed by atoms with van der Waals surface area (Å²) < 4.78 is 0. The third kappa shape index (κ3) is 3.12. The van der Waals surface area contributed by atoms with Gasteiger partial charge in [0.05, 0.1) is 12.1 Å². The maximum absolute atomic E-state index is 12.9. The maximum Gasteiger partial charge on any atom is 0.344 e. The third-order valence-corrected chi connectivity index (χ3v) is 7.19. The molecule has 2 aliphatic heterocycles. The summed E-state index contributed by atoms with van der Waals surface area (Å²) in [6.45, 7) is 3.42. The van der Waals surface area contributed by atoms with Crippen molar-refractivity contribution in [3.8, 4) is 0 Å². The highest BCUT2D eigenvalue weighted by Gasteiger charge is 2.47. The fraction of sp³-hybridized carbons (Fsp3) is 0.550. The van der Waals surface area contributed by atoms with Crippen LogP contribution in [0.15, 0.2) is 30.3 Å². The quantitative estimate of drug-likeness (QED) is 0.778. The van der Waals surface area contributed by atoms with Crippen LogP contribution in [-0.4, -0.2) is 38.8 Å². The van der Waals surface area contributed by atoms with Crippen LogP contribution in [0.2, 0.25) is 0 Å². The van der Waals surface area contributed by atoms with Gasteiger partial charge in [0.25, 0.3) is 0 Å². The van der Waals surface area contributed by atoms with Gasteiger partial charge in [0.15, 0.2) is 0 Å². The summed E-state index contributed by atoms with van der Waals surface area (Å²) in [6, 6.07) is 10.1. The number of carbonyl (C=O) groups is 1. The molecule has 2 saturated heterocycles. The predicted molar refractivity (Wildman–Crippen MR) is 102 cm³/mol. The van der Waals surface area contributed by atoms with Gasteiger partial charge in [0.1, 0.15) is 16.6 Å². The smallest absolute Gasteiger partial charge is 0.311 e. The summed E-state index contributed by atoms with van der Waals surface area (Å²) >= 11 is 1.70. The largest absolute Gasteiger partial charge is 0.344 e. The fourth-order valence-corrected chi connectivity index (χ4v) is 5.54. The van der Waals surface area contributed by atoms with Crippen LogP contribution in [0.25, 0.3) is 0 Å². The molecule has 0 N–H and O–H groups in total. The normalized spacial score (nSPS) is 29.9. The highest BCUT2D eigenvalue weighted by molar-refractivity contribution is 7.11. The molecule has 2 aromatic rings. The van der Waals surface area contributed by atoms with Crippen LogP contribution in [0.1, 0.15) is 60.1 Å². The van der Waals surface area contributed by atoms with Gasteiger partial charge >= 0.3 is 6.03 Å². The Labute approximate surface area is 163 Å². The lowest BCUT2D eigenvalue weighted by molar-refractivity contribution is -0.140. The van der Waals surface area contributed by atoms with Gasteiger partial charge in [-0.05, 0) is 37.2 Å². The Balaban J connectivity index is 1.26. The standard InChI is InChI=1S/C20H24N4O2S/c1-13-9-15(10-13)18-21-22-19(27-18)17-8-7-16-11-23(17)20(25)24(16)26-12-14-5-3-2-4-6-14/h2-6,13,15-17H,7-12H2,1H3/t13?,15?,16-,17+/m1/s1. The van der Waals surface area contributed by atoms with Crippen molar-refractivity contribution in [2.45, 2.75) is 57.2 Å². The highest BCUT2D eigenvalue weighted by atomic mass is 32.1. The second-order valence-corrected chi connectivity index (χ2v) is 9.06. The van der Waals surface area contributed by atoms with Crippen LogP contribution in [0.5, 0.6) is 0 Å². The van der Waals surface area contributed by atoms with Gasteiger partial charge < -0.3 is 4.90 Å². The fourth-order valence-electron chi connectivity index (χ4n) is 4.42. The summed E-state index contributed by atoms with van der Waals surface area (Å²) in [7, 11) is 0. The van der Waals surface area contributed by atoms with Crippen molar-refractivity contribution in [1.29, 1.82) is 0 Å². The Morgan fingerprint density at radius 1 is 1.15 bits per heavy atom. The Morgan fingerprint density at radius 2 is 1.93 bits per heavy atom. The Hall–Kier alpha value is -1.99. The topological polar surface area (TPSA) is 58.6 Å². The Morgan fingerprint density at radius 3 is 2.70 bits per heavy atom. The van der Waals surface area contributed by atoms with Crippen LogP contribution in [0.3, 0.4) is 0 Å². The highest BCUT2D eigenvalue weighted by Crippen LogP contribution is 2.45. The number of hydrogen-bond donors (Lipinski definition) is 0. The molecule has 1 aromatic carbocycles. The first-order chi connectivity index (χ1) is 13.2. The second kappa shape index (κ2) is 6.87. The van der Waals surface area contributed by atoms with Gasteiger partial charge in [0.2, 0.25) is 0 Å². The SMILES string of the molecule is CC1CC(c2nnc([C@@H]3CC[C@@H]4CN3C(=O)N4OCc3ccccc3)s2)C1. The monoisotopic (exact) mass is 384 g/mol. The molecule has 5 rings (SSSR count). The van der Waals surface area contributed by atoms with E-state index in [0.29, 0.717) is 19.1 Å². The number of benzene rings is 1. The molecular formula is C20H24N4O2S. The molecule has 3 aliphatic rings. The average Bonchev–Trinajstić information content (AvgIpc) is 3.23. The summed E-state index contributed by atoms with van der Waals surface area (Å²) in [4.78, 5) is 20.7. The van der Waals surface area contributed by atoms with Crippen LogP contribution in [-0.2, 0) is 11.4 Å². The first kappa shape index (κ1) is 17.1. The molecule has 142 valence electrons. The Bertz CT molecular complexity index is 820. The lowest BCUT2D eigenvalue weighted by atomic mass is 9.77. The zero-order valence-electron chi connectivity index (χ0n) is 15.5. The first-order valence-electron chi connectivity index (χ1n) is 9.79. The molecule has 1 saturated carbocycles. The van der Waals surface area contributed by atoms with E-state index in [1.165, 1.54) is 12.8 Å².